The zero-order valence-corrected chi connectivity index (χ0v) is 11.8. The first-order valence-corrected chi connectivity index (χ1v) is 6.22. The van der Waals surface area contributed by atoms with E-state index in [1.165, 1.54) is 18.2 Å². The number of aliphatic hydroxyl groups excluding tert-OH is 1. The maximum atomic E-state index is 12.8. The maximum Gasteiger partial charge on any atom is 0.416 e. The van der Waals surface area contributed by atoms with Gasteiger partial charge in [-0.1, -0.05) is 18.2 Å². The lowest BCUT2D eigenvalue weighted by molar-refractivity contribution is -0.138. The lowest BCUT2D eigenvalue weighted by Crippen LogP contribution is -2.40. The van der Waals surface area contributed by atoms with Crippen LogP contribution in [0.2, 0.25) is 0 Å². The number of carbonyl (C=O) groups excluding carboxylic acids is 1. The predicted molar refractivity (Wildman–Crippen MR) is 73.0 cm³/mol. The number of hydrogen-bond donors (Lipinski definition) is 3. The van der Waals surface area contributed by atoms with Gasteiger partial charge in [0.25, 0.3) is 0 Å². The Balaban J connectivity index is 0.00000220. The van der Waals surface area contributed by atoms with E-state index < -0.39 is 29.8 Å². The van der Waals surface area contributed by atoms with Crippen molar-refractivity contribution < 1.29 is 23.1 Å². The van der Waals surface area contributed by atoms with Crippen molar-refractivity contribution in [2.75, 3.05) is 6.54 Å². The summed E-state index contributed by atoms with van der Waals surface area (Å²) in [6.45, 7) is 0.125. The maximum absolute atomic E-state index is 12.8. The van der Waals surface area contributed by atoms with Crippen LogP contribution in [0.1, 0.15) is 17.5 Å². The number of halogens is 4. The van der Waals surface area contributed by atoms with Gasteiger partial charge in [-0.2, -0.15) is 13.2 Å². The Hall–Kier alpha value is -1.31. The number of alkyl halides is 3. The molecule has 1 aromatic carbocycles. The van der Waals surface area contributed by atoms with E-state index in [1.807, 2.05) is 0 Å². The highest BCUT2D eigenvalue weighted by molar-refractivity contribution is 5.85. The molecule has 21 heavy (non-hydrogen) atoms. The van der Waals surface area contributed by atoms with E-state index in [9.17, 15) is 23.1 Å². The Kier molecular flexibility index (Phi) is 6.00. The average molecular weight is 325 g/mol. The lowest BCUT2D eigenvalue weighted by atomic mass is 10.1. The van der Waals surface area contributed by atoms with Gasteiger partial charge in [-0.25, -0.2) is 0 Å². The number of carbonyl (C=O) groups is 1. The minimum absolute atomic E-state index is 0. The average Bonchev–Trinajstić information content (AvgIpc) is 2.82. The van der Waals surface area contributed by atoms with Crippen molar-refractivity contribution in [3.8, 4) is 0 Å². The van der Waals surface area contributed by atoms with Gasteiger partial charge in [0.1, 0.15) is 0 Å². The highest BCUT2D eigenvalue weighted by Crippen LogP contribution is 2.31. The summed E-state index contributed by atoms with van der Waals surface area (Å²) >= 11 is 0. The Morgan fingerprint density at radius 1 is 1.38 bits per heavy atom. The van der Waals surface area contributed by atoms with E-state index in [0.717, 1.165) is 6.07 Å². The summed E-state index contributed by atoms with van der Waals surface area (Å²) in [5.41, 5.74) is -0.730. The fraction of sp³-hybridized carbons (Fsp3) is 0.462. The molecule has 0 saturated carbocycles. The predicted octanol–water partition coefficient (Wildman–Crippen LogP) is 1.47. The topological polar surface area (TPSA) is 61.4 Å². The highest BCUT2D eigenvalue weighted by Gasteiger charge is 2.33. The zero-order valence-electron chi connectivity index (χ0n) is 11.0. The number of rotatable bonds is 3. The van der Waals surface area contributed by atoms with Crippen LogP contribution in [0.25, 0.3) is 0 Å². The number of aliphatic hydroxyl groups is 1. The lowest BCUT2D eigenvalue weighted by Gasteiger charge is -2.15. The van der Waals surface area contributed by atoms with Crippen LogP contribution in [0.3, 0.4) is 0 Å². The minimum atomic E-state index is -4.44. The zero-order chi connectivity index (χ0) is 14.8. The normalized spacial score (nSPS) is 21.7. The summed E-state index contributed by atoms with van der Waals surface area (Å²) in [5.74, 6) is -0.404. The van der Waals surface area contributed by atoms with Crippen LogP contribution in [-0.2, 0) is 17.5 Å². The molecular formula is C13H16ClF3N2O2. The monoisotopic (exact) mass is 324 g/mol. The third-order valence-electron chi connectivity index (χ3n) is 3.20. The second-order valence-electron chi connectivity index (χ2n) is 4.72. The Morgan fingerprint density at radius 2 is 2.05 bits per heavy atom. The third-order valence-corrected chi connectivity index (χ3v) is 3.20. The number of β-amino-alcohol motifs (C(OH)–C–C–N with tert-alkyl or cyclic N) is 1. The van der Waals surface area contributed by atoms with Gasteiger partial charge in [-0.3, -0.25) is 4.79 Å². The molecule has 1 aliphatic heterocycles. The number of benzene rings is 1. The second kappa shape index (κ2) is 7.11. The smallest absolute Gasteiger partial charge is 0.392 e. The van der Waals surface area contributed by atoms with Gasteiger partial charge in [0, 0.05) is 13.1 Å². The molecule has 0 aliphatic carbocycles. The molecule has 2 rings (SSSR count). The van der Waals surface area contributed by atoms with Crippen molar-refractivity contribution in [2.45, 2.75) is 31.3 Å². The van der Waals surface area contributed by atoms with Gasteiger partial charge in [0.15, 0.2) is 0 Å². The van der Waals surface area contributed by atoms with Crippen LogP contribution in [0.15, 0.2) is 24.3 Å². The summed E-state index contributed by atoms with van der Waals surface area (Å²) in [6.07, 6.45) is -4.76. The quantitative estimate of drug-likeness (QED) is 0.789. The molecule has 0 radical (unpaired) electrons. The molecule has 3 N–H and O–H groups in total. The van der Waals surface area contributed by atoms with E-state index in [4.69, 9.17) is 0 Å². The van der Waals surface area contributed by atoms with Crippen LogP contribution >= 0.6 is 12.4 Å². The first-order chi connectivity index (χ1) is 9.38. The van der Waals surface area contributed by atoms with Gasteiger partial charge in [0.2, 0.25) is 5.91 Å². The molecule has 1 fully saturated rings. The van der Waals surface area contributed by atoms with E-state index in [2.05, 4.69) is 10.6 Å². The molecular weight excluding hydrogens is 309 g/mol. The van der Waals surface area contributed by atoms with E-state index in [0.29, 0.717) is 6.54 Å². The van der Waals surface area contributed by atoms with Crippen molar-refractivity contribution in [3.63, 3.8) is 0 Å². The van der Waals surface area contributed by atoms with E-state index in [1.54, 1.807) is 0 Å². The Morgan fingerprint density at radius 3 is 2.62 bits per heavy atom. The van der Waals surface area contributed by atoms with Gasteiger partial charge < -0.3 is 15.7 Å². The molecule has 118 valence electrons. The largest absolute Gasteiger partial charge is 0.416 e. The molecule has 0 aromatic heterocycles. The summed E-state index contributed by atoms with van der Waals surface area (Å²) in [5, 5.41) is 14.6. The SMILES string of the molecule is Cl.O=C(NCc1ccccc1C(F)(F)F)C1CC(O)CN1. The molecule has 4 nitrogen and oxygen atoms in total. The molecule has 0 spiro atoms. The molecule has 1 aromatic rings. The van der Waals surface area contributed by atoms with Crippen molar-refractivity contribution in [1.82, 2.24) is 10.6 Å². The molecule has 1 heterocycles. The van der Waals surface area contributed by atoms with Crippen molar-refractivity contribution in [3.05, 3.63) is 35.4 Å². The Labute approximate surface area is 126 Å². The number of nitrogens with one attached hydrogen (secondary N) is 2. The van der Waals surface area contributed by atoms with Crippen molar-refractivity contribution >= 4 is 18.3 Å². The van der Waals surface area contributed by atoms with Gasteiger partial charge in [0.05, 0.1) is 17.7 Å². The number of hydrogen-bond acceptors (Lipinski definition) is 3. The van der Waals surface area contributed by atoms with Crippen LogP contribution in [-0.4, -0.2) is 29.7 Å². The van der Waals surface area contributed by atoms with Crippen LogP contribution < -0.4 is 10.6 Å². The molecule has 1 saturated heterocycles. The molecule has 2 atom stereocenters. The minimum Gasteiger partial charge on any atom is -0.392 e. The van der Waals surface area contributed by atoms with Crippen LogP contribution in [0, 0.1) is 0 Å². The summed E-state index contributed by atoms with van der Waals surface area (Å²) < 4.78 is 38.3. The first kappa shape index (κ1) is 17.7. The number of amides is 1. The van der Waals surface area contributed by atoms with Gasteiger partial charge in [-0.05, 0) is 18.1 Å². The summed E-state index contributed by atoms with van der Waals surface area (Å²) in [4.78, 5) is 11.8. The molecule has 1 aliphatic rings. The summed E-state index contributed by atoms with van der Waals surface area (Å²) in [6, 6.07) is 4.57. The molecule has 8 heteroatoms. The van der Waals surface area contributed by atoms with Crippen LogP contribution in [0.4, 0.5) is 13.2 Å². The standard InChI is InChI=1S/C13H15F3N2O2.ClH/c14-13(15,16)10-4-2-1-3-8(10)6-18-12(20)11-5-9(19)7-17-11;/h1-4,9,11,17,19H,5-7H2,(H,18,20);1H. The van der Waals surface area contributed by atoms with Crippen molar-refractivity contribution in [2.24, 2.45) is 0 Å². The molecule has 1 amide bonds. The van der Waals surface area contributed by atoms with Crippen molar-refractivity contribution in [1.29, 1.82) is 0 Å². The summed E-state index contributed by atoms with van der Waals surface area (Å²) in [7, 11) is 0. The van der Waals surface area contributed by atoms with E-state index >= 15 is 0 Å². The second-order valence-corrected chi connectivity index (χ2v) is 4.72. The fourth-order valence-corrected chi connectivity index (χ4v) is 2.17. The van der Waals surface area contributed by atoms with Gasteiger partial charge in [-0.15, -0.1) is 12.4 Å². The van der Waals surface area contributed by atoms with E-state index in [-0.39, 0.29) is 30.9 Å². The fourth-order valence-electron chi connectivity index (χ4n) is 2.17. The Bertz CT molecular complexity index is 497. The molecule has 2 unspecified atom stereocenters. The molecule has 0 bridgehead atoms. The first-order valence-electron chi connectivity index (χ1n) is 6.22. The van der Waals surface area contributed by atoms with Gasteiger partial charge >= 0.3 is 6.18 Å². The van der Waals surface area contributed by atoms with Crippen LogP contribution in [0.5, 0.6) is 0 Å². The third kappa shape index (κ3) is 4.59. The highest BCUT2D eigenvalue weighted by atomic mass is 35.5.